The number of ether oxygens (including phenoxy) is 1. The Kier molecular flexibility index (Phi) is 5.12. The first kappa shape index (κ1) is 15.7. The molecule has 1 N–H and O–H groups in total. The van der Waals surface area contributed by atoms with E-state index in [0.717, 1.165) is 16.7 Å². The number of rotatable bonds is 5. The molecule has 0 spiro atoms. The minimum Gasteiger partial charge on any atom is -0.464 e. The Balaban J connectivity index is 3.25. The summed E-state index contributed by atoms with van der Waals surface area (Å²) in [7, 11) is 0. The number of benzene rings is 1. The maximum atomic E-state index is 12.3. The van der Waals surface area contributed by atoms with Gasteiger partial charge in [-0.3, -0.25) is 5.32 Å². The van der Waals surface area contributed by atoms with Crippen LogP contribution >= 0.6 is 0 Å². The Morgan fingerprint density at radius 3 is 2.21 bits per heavy atom. The summed E-state index contributed by atoms with van der Waals surface area (Å²) in [5, 5.41) is 3.34. The highest BCUT2D eigenvalue weighted by Gasteiger charge is 2.37. The summed E-state index contributed by atoms with van der Waals surface area (Å²) >= 11 is 0. The summed E-state index contributed by atoms with van der Waals surface area (Å²) in [5.41, 5.74) is 2.45. The molecule has 0 aliphatic heterocycles. The highest BCUT2D eigenvalue weighted by Crippen LogP contribution is 2.25. The molecule has 1 atom stereocenters. The van der Waals surface area contributed by atoms with Crippen molar-refractivity contribution in [3.8, 4) is 0 Å². The SMILES string of the molecule is CCOC(=O)C(C)(NC(C)C)c1cc(C)cc(C)c1. The van der Waals surface area contributed by atoms with E-state index in [1.54, 1.807) is 0 Å². The van der Waals surface area contributed by atoms with Crippen LogP contribution in [0.2, 0.25) is 0 Å². The number of hydrogen-bond donors (Lipinski definition) is 1. The lowest BCUT2D eigenvalue weighted by atomic mass is 9.89. The Bertz CT molecular complexity index is 434. The van der Waals surface area contributed by atoms with E-state index in [0.29, 0.717) is 6.61 Å². The van der Waals surface area contributed by atoms with E-state index in [9.17, 15) is 4.79 Å². The van der Waals surface area contributed by atoms with Crippen molar-refractivity contribution in [3.63, 3.8) is 0 Å². The predicted molar refractivity (Wildman–Crippen MR) is 78.2 cm³/mol. The van der Waals surface area contributed by atoms with Crippen molar-refractivity contribution >= 4 is 5.97 Å². The number of carbonyl (C=O) groups is 1. The van der Waals surface area contributed by atoms with Crippen molar-refractivity contribution in [2.45, 2.75) is 53.1 Å². The summed E-state index contributed by atoms with van der Waals surface area (Å²) in [5.74, 6) is -0.228. The minimum absolute atomic E-state index is 0.190. The van der Waals surface area contributed by atoms with E-state index in [-0.39, 0.29) is 12.0 Å². The largest absolute Gasteiger partial charge is 0.464 e. The molecule has 0 saturated heterocycles. The second-order valence-electron chi connectivity index (χ2n) is 5.52. The zero-order chi connectivity index (χ0) is 14.6. The maximum Gasteiger partial charge on any atom is 0.330 e. The van der Waals surface area contributed by atoms with Gasteiger partial charge < -0.3 is 4.74 Å². The molecular formula is C16H25NO2. The summed E-state index contributed by atoms with van der Waals surface area (Å²) in [6, 6.07) is 6.37. The van der Waals surface area contributed by atoms with Gasteiger partial charge in [0.2, 0.25) is 0 Å². The first-order chi connectivity index (χ1) is 8.79. The van der Waals surface area contributed by atoms with Gasteiger partial charge in [-0.2, -0.15) is 0 Å². The molecule has 19 heavy (non-hydrogen) atoms. The predicted octanol–water partition coefficient (Wildman–Crippen LogP) is 3.08. The van der Waals surface area contributed by atoms with Crippen molar-refractivity contribution in [1.82, 2.24) is 5.32 Å². The van der Waals surface area contributed by atoms with Crippen LogP contribution < -0.4 is 5.32 Å². The zero-order valence-corrected chi connectivity index (χ0v) is 12.8. The number of carbonyl (C=O) groups excluding carboxylic acids is 1. The molecule has 0 aliphatic rings. The van der Waals surface area contributed by atoms with Crippen LogP contribution in [0.3, 0.4) is 0 Å². The van der Waals surface area contributed by atoms with Crippen molar-refractivity contribution < 1.29 is 9.53 Å². The van der Waals surface area contributed by atoms with Crippen LogP contribution in [0, 0.1) is 13.8 Å². The van der Waals surface area contributed by atoms with E-state index >= 15 is 0 Å². The van der Waals surface area contributed by atoms with E-state index in [2.05, 4.69) is 11.4 Å². The number of nitrogens with one attached hydrogen (secondary N) is 1. The molecule has 1 aromatic rings. The monoisotopic (exact) mass is 263 g/mol. The van der Waals surface area contributed by atoms with Crippen LogP contribution in [0.15, 0.2) is 18.2 Å². The quantitative estimate of drug-likeness (QED) is 0.830. The lowest BCUT2D eigenvalue weighted by molar-refractivity contribution is -0.151. The Morgan fingerprint density at radius 2 is 1.79 bits per heavy atom. The van der Waals surface area contributed by atoms with Crippen molar-refractivity contribution in [1.29, 1.82) is 0 Å². The summed E-state index contributed by atoms with van der Waals surface area (Å²) in [6.45, 7) is 12.2. The van der Waals surface area contributed by atoms with Gasteiger partial charge >= 0.3 is 5.97 Å². The third-order valence-corrected chi connectivity index (χ3v) is 3.06. The standard InChI is InChI=1S/C16H25NO2/c1-7-19-15(18)16(6,17-11(2)3)14-9-12(4)8-13(5)10-14/h8-11,17H,7H2,1-6H3. The molecule has 3 heteroatoms. The molecule has 1 aromatic carbocycles. The van der Waals surface area contributed by atoms with Crippen LogP contribution in [-0.4, -0.2) is 18.6 Å². The second-order valence-corrected chi connectivity index (χ2v) is 5.52. The fourth-order valence-corrected chi connectivity index (χ4v) is 2.38. The summed E-state index contributed by atoms with van der Waals surface area (Å²) in [6.07, 6.45) is 0. The first-order valence-corrected chi connectivity index (χ1v) is 6.83. The minimum atomic E-state index is -0.805. The lowest BCUT2D eigenvalue weighted by Gasteiger charge is -2.31. The number of aryl methyl sites for hydroxylation is 2. The summed E-state index contributed by atoms with van der Waals surface area (Å²) in [4.78, 5) is 12.3. The average Bonchev–Trinajstić information content (AvgIpc) is 2.26. The van der Waals surface area contributed by atoms with E-state index in [4.69, 9.17) is 4.74 Å². The van der Waals surface area contributed by atoms with E-state index in [1.807, 2.05) is 53.7 Å². The Morgan fingerprint density at radius 1 is 1.26 bits per heavy atom. The normalized spacial score (nSPS) is 14.3. The molecular weight excluding hydrogens is 238 g/mol. The van der Waals surface area contributed by atoms with E-state index in [1.165, 1.54) is 0 Å². The van der Waals surface area contributed by atoms with Gasteiger partial charge in [0.15, 0.2) is 0 Å². The molecule has 0 bridgehead atoms. The molecule has 0 heterocycles. The fourth-order valence-electron chi connectivity index (χ4n) is 2.38. The van der Waals surface area contributed by atoms with E-state index < -0.39 is 5.54 Å². The molecule has 0 saturated carbocycles. The van der Waals surface area contributed by atoms with Crippen LogP contribution in [0.25, 0.3) is 0 Å². The van der Waals surface area contributed by atoms with Crippen molar-refractivity contribution in [3.05, 3.63) is 34.9 Å². The molecule has 1 unspecified atom stereocenters. The van der Waals surface area contributed by atoms with Gasteiger partial charge in [0, 0.05) is 6.04 Å². The highest BCUT2D eigenvalue weighted by molar-refractivity contribution is 5.82. The van der Waals surface area contributed by atoms with Gasteiger partial charge in [0.05, 0.1) is 6.61 Å². The zero-order valence-electron chi connectivity index (χ0n) is 12.8. The Labute approximate surface area is 116 Å². The molecule has 0 amide bonds. The van der Waals surface area contributed by atoms with Gasteiger partial charge in [0.1, 0.15) is 5.54 Å². The van der Waals surface area contributed by atoms with Crippen LogP contribution in [0.5, 0.6) is 0 Å². The molecule has 0 aliphatic carbocycles. The topological polar surface area (TPSA) is 38.3 Å². The Hall–Kier alpha value is -1.35. The molecule has 3 nitrogen and oxygen atoms in total. The van der Waals surface area contributed by atoms with Gasteiger partial charge in [-0.05, 0) is 47.1 Å². The lowest BCUT2D eigenvalue weighted by Crippen LogP contribution is -2.50. The fraction of sp³-hybridized carbons (Fsp3) is 0.562. The molecule has 0 aromatic heterocycles. The van der Waals surface area contributed by atoms with Crippen LogP contribution in [0.4, 0.5) is 0 Å². The van der Waals surface area contributed by atoms with Gasteiger partial charge in [-0.25, -0.2) is 4.79 Å². The molecule has 1 rings (SSSR count). The first-order valence-electron chi connectivity index (χ1n) is 6.83. The van der Waals surface area contributed by atoms with Crippen molar-refractivity contribution in [2.24, 2.45) is 0 Å². The summed E-state index contributed by atoms with van der Waals surface area (Å²) < 4.78 is 5.24. The number of hydrogen-bond acceptors (Lipinski definition) is 3. The maximum absolute atomic E-state index is 12.3. The van der Waals surface area contributed by atoms with Crippen LogP contribution in [0.1, 0.15) is 44.4 Å². The van der Waals surface area contributed by atoms with Gasteiger partial charge in [-0.1, -0.05) is 29.3 Å². The number of esters is 1. The molecule has 106 valence electrons. The van der Waals surface area contributed by atoms with Crippen LogP contribution in [-0.2, 0) is 15.1 Å². The van der Waals surface area contributed by atoms with Gasteiger partial charge in [-0.15, -0.1) is 0 Å². The third-order valence-electron chi connectivity index (χ3n) is 3.06. The highest BCUT2D eigenvalue weighted by atomic mass is 16.5. The second kappa shape index (κ2) is 6.20. The molecule has 0 fully saturated rings. The average molecular weight is 263 g/mol. The smallest absolute Gasteiger partial charge is 0.330 e. The third kappa shape index (κ3) is 3.80. The molecule has 0 radical (unpaired) electrons. The van der Waals surface area contributed by atoms with Gasteiger partial charge in [0.25, 0.3) is 0 Å². The van der Waals surface area contributed by atoms with Crippen molar-refractivity contribution in [2.75, 3.05) is 6.61 Å².